The number of nitrogens with one attached hydrogen (secondary N) is 2. The maximum atomic E-state index is 11.3. The molecule has 6 nitrogen and oxygen atoms in total. The number of carbonyl (C=O) groups excluding carboxylic acids is 2. The second kappa shape index (κ2) is 5.90. The summed E-state index contributed by atoms with van der Waals surface area (Å²) in [4.78, 5) is 22.5. The molecule has 1 rings (SSSR count). The maximum absolute atomic E-state index is 11.3. The van der Waals surface area contributed by atoms with Crippen LogP contribution in [0.15, 0.2) is 28.9 Å². The van der Waals surface area contributed by atoms with E-state index in [2.05, 4.69) is 10.9 Å². The average molecular weight is 252 g/mol. The van der Waals surface area contributed by atoms with Crippen molar-refractivity contribution in [2.45, 2.75) is 26.4 Å². The molecule has 0 unspecified atom stereocenters. The van der Waals surface area contributed by atoms with Gasteiger partial charge < -0.3 is 9.15 Å². The van der Waals surface area contributed by atoms with Crippen LogP contribution in [0.4, 0.5) is 4.79 Å². The van der Waals surface area contributed by atoms with E-state index in [0.29, 0.717) is 5.76 Å². The van der Waals surface area contributed by atoms with E-state index in [1.54, 1.807) is 32.9 Å². The molecule has 1 heterocycles. The Morgan fingerprint density at radius 1 is 1.33 bits per heavy atom. The van der Waals surface area contributed by atoms with Gasteiger partial charge in [-0.1, -0.05) is 0 Å². The van der Waals surface area contributed by atoms with Gasteiger partial charge in [0, 0.05) is 6.08 Å². The van der Waals surface area contributed by atoms with E-state index in [-0.39, 0.29) is 0 Å². The van der Waals surface area contributed by atoms with Crippen LogP contribution in [-0.4, -0.2) is 17.6 Å². The number of ether oxygens (including phenoxy) is 1. The third-order valence-electron chi connectivity index (χ3n) is 1.63. The molecule has 1 aromatic heterocycles. The van der Waals surface area contributed by atoms with Crippen LogP contribution in [0.1, 0.15) is 26.5 Å². The summed E-state index contributed by atoms with van der Waals surface area (Å²) in [7, 11) is 0. The van der Waals surface area contributed by atoms with Crippen LogP contribution in [0.5, 0.6) is 0 Å². The number of amides is 2. The minimum Gasteiger partial charge on any atom is -0.465 e. The molecule has 1 aromatic rings. The summed E-state index contributed by atoms with van der Waals surface area (Å²) in [5.41, 5.74) is 3.69. The standard InChI is InChI=1S/C12H16N2O4/c1-12(2,3)18-11(16)14-13-10(15)7-6-9-5-4-8-17-9/h4-8H,1-3H3,(H,13,15)(H,14,16). The molecule has 0 atom stereocenters. The molecule has 18 heavy (non-hydrogen) atoms. The summed E-state index contributed by atoms with van der Waals surface area (Å²) in [6.07, 6.45) is 3.49. The van der Waals surface area contributed by atoms with Gasteiger partial charge in [-0.25, -0.2) is 10.2 Å². The lowest BCUT2D eigenvalue weighted by atomic mass is 10.2. The fraction of sp³-hybridized carbons (Fsp3) is 0.333. The number of furan rings is 1. The van der Waals surface area contributed by atoms with Crippen molar-refractivity contribution in [2.24, 2.45) is 0 Å². The smallest absolute Gasteiger partial charge is 0.426 e. The topological polar surface area (TPSA) is 80.6 Å². The van der Waals surface area contributed by atoms with Crippen molar-refractivity contribution in [1.82, 2.24) is 10.9 Å². The Kier molecular flexibility index (Phi) is 4.53. The monoisotopic (exact) mass is 252 g/mol. The second-order valence-electron chi connectivity index (χ2n) is 4.46. The zero-order chi connectivity index (χ0) is 13.6. The fourth-order valence-electron chi connectivity index (χ4n) is 1.00. The van der Waals surface area contributed by atoms with Crippen molar-refractivity contribution in [3.63, 3.8) is 0 Å². The van der Waals surface area contributed by atoms with Crippen molar-refractivity contribution < 1.29 is 18.7 Å². The van der Waals surface area contributed by atoms with Gasteiger partial charge in [0.25, 0.3) is 5.91 Å². The minimum absolute atomic E-state index is 0.489. The lowest BCUT2D eigenvalue weighted by molar-refractivity contribution is -0.117. The van der Waals surface area contributed by atoms with Gasteiger partial charge in [-0.2, -0.15) is 0 Å². The average Bonchev–Trinajstić information content (AvgIpc) is 2.74. The van der Waals surface area contributed by atoms with E-state index in [1.807, 2.05) is 0 Å². The molecule has 0 fully saturated rings. The zero-order valence-electron chi connectivity index (χ0n) is 10.5. The van der Waals surface area contributed by atoms with Gasteiger partial charge in [-0.15, -0.1) is 0 Å². The van der Waals surface area contributed by atoms with Gasteiger partial charge in [0.05, 0.1) is 6.26 Å². The molecule has 2 amide bonds. The van der Waals surface area contributed by atoms with Crippen LogP contribution < -0.4 is 10.9 Å². The number of rotatable bonds is 2. The van der Waals surface area contributed by atoms with Crippen LogP contribution in [0, 0.1) is 0 Å². The second-order valence-corrected chi connectivity index (χ2v) is 4.46. The molecule has 0 aliphatic heterocycles. The first-order valence-electron chi connectivity index (χ1n) is 5.37. The van der Waals surface area contributed by atoms with Gasteiger partial charge in [0.1, 0.15) is 11.4 Å². The van der Waals surface area contributed by atoms with Gasteiger partial charge in [-0.3, -0.25) is 10.2 Å². The van der Waals surface area contributed by atoms with Crippen molar-refractivity contribution in [3.8, 4) is 0 Å². The van der Waals surface area contributed by atoms with Crippen LogP contribution in [-0.2, 0) is 9.53 Å². The third-order valence-corrected chi connectivity index (χ3v) is 1.63. The highest BCUT2D eigenvalue weighted by molar-refractivity contribution is 5.92. The molecule has 0 saturated carbocycles. The Morgan fingerprint density at radius 2 is 2.06 bits per heavy atom. The molecule has 2 N–H and O–H groups in total. The van der Waals surface area contributed by atoms with Crippen LogP contribution >= 0.6 is 0 Å². The molecule has 0 saturated heterocycles. The summed E-state index contributed by atoms with van der Waals surface area (Å²) in [6, 6.07) is 3.40. The van der Waals surface area contributed by atoms with E-state index in [9.17, 15) is 9.59 Å². The van der Waals surface area contributed by atoms with Crippen molar-refractivity contribution in [2.75, 3.05) is 0 Å². The molecular weight excluding hydrogens is 236 g/mol. The van der Waals surface area contributed by atoms with E-state index in [0.717, 1.165) is 0 Å². The Labute approximate surface area is 105 Å². The molecule has 0 aromatic carbocycles. The lowest BCUT2D eigenvalue weighted by Gasteiger charge is -2.19. The fourth-order valence-corrected chi connectivity index (χ4v) is 1.00. The first-order valence-corrected chi connectivity index (χ1v) is 5.37. The van der Waals surface area contributed by atoms with E-state index in [4.69, 9.17) is 9.15 Å². The van der Waals surface area contributed by atoms with Crippen molar-refractivity contribution in [1.29, 1.82) is 0 Å². The van der Waals surface area contributed by atoms with E-state index >= 15 is 0 Å². The van der Waals surface area contributed by atoms with Gasteiger partial charge in [-0.05, 0) is 39.0 Å². The summed E-state index contributed by atoms with van der Waals surface area (Å²) in [5, 5.41) is 0. The van der Waals surface area contributed by atoms with E-state index < -0.39 is 17.6 Å². The highest BCUT2D eigenvalue weighted by Crippen LogP contribution is 2.05. The number of hydrazine groups is 1. The van der Waals surface area contributed by atoms with Crippen LogP contribution in [0.2, 0.25) is 0 Å². The number of hydrogen-bond donors (Lipinski definition) is 2. The van der Waals surface area contributed by atoms with Gasteiger partial charge in [0.15, 0.2) is 0 Å². The molecule has 98 valence electrons. The van der Waals surface area contributed by atoms with Gasteiger partial charge >= 0.3 is 6.09 Å². The largest absolute Gasteiger partial charge is 0.465 e. The SMILES string of the molecule is CC(C)(C)OC(=O)NNC(=O)C=Cc1ccco1. The highest BCUT2D eigenvalue weighted by atomic mass is 16.6. The van der Waals surface area contributed by atoms with Crippen LogP contribution in [0.3, 0.4) is 0 Å². The summed E-state index contributed by atoms with van der Waals surface area (Å²) in [6.45, 7) is 5.18. The van der Waals surface area contributed by atoms with Gasteiger partial charge in [0.2, 0.25) is 0 Å². The normalized spacial score (nSPS) is 11.3. The first-order chi connectivity index (χ1) is 8.37. The maximum Gasteiger partial charge on any atom is 0.426 e. The Morgan fingerprint density at radius 3 is 2.61 bits per heavy atom. The van der Waals surface area contributed by atoms with E-state index in [1.165, 1.54) is 18.4 Å². The Hall–Kier alpha value is -2.24. The lowest BCUT2D eigenvalue weighted by Crippen LogP contribution is -2.43. The summed E-state index contributed by atoms with van der Waals surface area (Å²) in [5.74, 6) is 0.0553. The number of hydrogen-bond acceptors (Lipinski definition) is 4. The summed E-state index contributed by atoms with van der Waals surface area (Å²) >= 11 is 0. The minimum atomic E-state index is -0.720. The highest BCUT2D eigenvalue weighted by Gasteiger charge is 2.15. The Balaban J connectivity index is 2.31. The molecule has 0 aliphatic rings. The third kappa shape index (κ3) is 5.74. The molecule has 0 aliphatic carbocycles. The first kappa shape index (κ1) is 13.8. The molecule has 6 heteroatoms. The molecule has 0 radical (unpaired) electrons. The predicted octanol–water partition coefficient (Wildman–Crippen LogP) is 1.85. The summed E-state index contributed by atoms with van der Waals surface area (Å²) < 4.78 is 9.93. The Bertz CT molecular complexity index is 429. The van der Waals surface area contributed by atoms with Crippen molar-refractivity contribution >= 4 is 18.1 Å². The number of carbonyl (C=O) groups is 2. The molecular formula is C12H16N2O4. The quantitative estimate of drug-likeness (QED) is 0.621. The zero-order valence-corrected chi connectivity index (χ0v) is 10.5. The predicted molar refractivity (Wildman–Crippen MR) is 65.3 cm³/mol. The molecule has 0 bridgehead atoms. The van der Waals surface area contributed by atoms with Crippen LogP contribution in [0.25, 0.3) is 6.08 Å². The molecule has 0 spiro atoms. The van der Waals surface area contributed by atoms with Crippen molar-refractivity contribution in [3.05, 3.63) is 30.2 Å².